The van der Waals surface area contributed by atoms with Crippen molar-refractivity contribution in [2.45, 2.75) is 11.5 Å². The van der Waals surface area contributed by atoms with Crippen molar-refractivity contribution in [1.29, 1.82) is 0 Å². The predicted octanol–water partition coefficient (Wildman–Crippen LogP) is 3.88. The van der Waals surface area contributed by atoms with Crippen LogP contribution in [-0.4, -0.2) is 17.6 Å². The third kappa shape index (κ3) is 3.48. The fraction of sp³-hybridized carbons (Fsp3) is 0.125. The summed E-state index contributed by atoms with van der Waals surface area (Å²) in [4.78, 5) is 24.4. The van der Waals surface area contributed by atoms with E-state index in [0.717, 1.165) is 4.90 Å². The molecule has 0 saturated carbocycles. The highest BCUT2D eigenvalue weighted by Crippen LogP contribution is 2.32. The van der Waals surface area contributed by atoms with Gasteiger partial charge in [-0.3, -0.25) is 4.79 Å². The molecule has 3 rings (SSSR count). The van der Waals surface area contributed by atoms with E-state index in [9.17, 15) is 14.0 Å². The summed E-state index contributed by atoms with van der Waals surface area (Å²) in [6, 6.07) is 9.15. The Morgan fingerprint density at radius 2 is 2.17 bits per heavy atom. The van der Waals surface area contributed by atoms with Crippen LogP contribution in [0.15, 0.2) is 41.3 Å². The van der Waals surface area contributed by atoms with Gasteiger partial charge in [-0.2, -0.15) is 0 Å². The molecule has 0 bridgehead atoms. The summed E-state index contributed by atoms with van der Waals surface area (Å²) in [7, 11) is 0. The maximum Gasteiger partial charge on any atom is 0.338 e. The molecule has 0 fully saturated rings. The van der Waals surface area contributed by atoms with Crippen LogP contribution < -0.4 is 5.32 Å². The van der Waals surface area contributed by atoms with Crippen LogP contribution >= 0.6 is 23.4 Å². The van der Waals surface area contributed by atoms with E-state index in [1.807, 2.05) is 0 Å². The lowest BCUT2D eigenvalue weighted by atomic mass is 10.2. The van der Waals surface area contributed by atoms with Crippen molar-refractivity contribution in [3.63, 3.8) is 0 Å². The fourth-order valence-corrected chi connectivity index (χ4v) is 3.11. The smallest absolute Gasteiger partial charge is 0.338 e. The summed E-state index contributed by atoms with van der Waals surface area (Å²) in [6.07, 6.45) is 0. The Bertz CT molecular complexity index is 777. The van der Waals surface area contributed by atoms with E-state index in [0.29, 0.717) is 11.4 Å². The van der Waals surface area contributed by atoms with Gasteiger partial charge < -0.3 is 10.1 Å². The zero-order valence-electron chi connectivity index (χ0n) is 11.8. The van der Waals surface area contributed by atoms with E-state index < -0.39 is 11.8 Å². The third-order valence-electron chi connectivity index (χ3n) is 3.26. The summed E-state index contributed by atoms with van der Waals surface area (Å²) in [6.45, 7) is -0.261. The molecule has 7 heteroatoms. The summed E-state index contributed by atoms with van der Waals surface area (Å²) in [5, 5.41) is 2.90. The van der Waals surface area contributed by atoms with Gasteiger partial charge in [-0.15, -0.1) is 11.8 Å². The molecule has 1 aliphatic heterocycles. The van der Waals surface area contributed by atoms with E-state index in [1.165, 1.54) is 30.0 Å². The number of ether oxygens (including phenoxy) is 1. The van der Waals surface area contributed by atoms with Crippen molar-refractivity contribution >= 4 is 40.9 Å². The number of carbonyl (C=O) groups excluding carboxylic acids is 2. The van der Waals surface area contributed by atoms with Gasteiger partial charge in [-0.1, -0.05) is 17.7 Å². The maximum absolute atomic E-state index is 13.6. The fourth-order valence-electron chi connectivity index (χ4n) is 2.10. The Morgan fingerprint density at radius 1 is 1.35 bits per heavy atom. The first-order chi connectivity index (χ1) is 11.0. The number of thioether (sulfide) groups is 1. The Labute approximate surface area is 141 Å². The SMILES string of the molecule is O=C1CSc2ccc(C(=O)OCc3c(F)cccc3Cl)cc2N1. The first-order valence-corrected chi connectivity index (χ1v) is 8.07. The van der Waals surface area contributed by atoms with Crippen LogP contribution in [0.2, 0.25) is 5.02 Å². The Balaban J connectivity index is 1.74. The topological polar surface area (TPSA) is 55.4 Å². The van der Waals surface area contributed by atoms with Crippen molar-refractivity contribution < 1.29 is 18.7 Å². The number of esters is 1. The Morgan fingerprint density at radius 3 is 2.96 bits per heavy atom. The van der Waals surface area contributed by atoms with Gasteiger partial charge in [0.15, 0.2) is 0 Å². The molecular weight excluding hydrogens is 341 g/mol. The summed E-state index contributed by atoms with van der Waals surface area (Å²) >= 11 is 7.29. The molecule has 118 valence electrons. The highest BCUT2D eigenvalue weighted by atomic mass is 35.5. The van der Waals surface area contributed by atoms with Gasteiger partial charge in [-0.25, -0.2) is 9.18 Å². The van der Waals surface area contributed by atoms with Gasteiger partial charge in [0, 0.05) is 10.5 Å². The maximum atomic E-state index is 13.6. The van der Waals surface area contributed by atoms with Gasteiger partial charge >= 0.3 is 5.97 Å². The van der Waals surface area contributed by atoms with E-state index in [-0.39, 0.29) is 28.7 Å². The summed E-state index contributed by atoms with van der Waals surface area (Å²) in [5.74, 6) is -0.912. The van der Waals surface area contributed by atoms with Crippen molar-refractivity contribution in [3.05, 3.63) is 58.4 Å². The second kappa shape index (κ2) is 6.60. The van der Waals surface area contributed by atoms with Crippen molar-refractivity contribution in [2.24, 2.45) is 0 Å². The molecule has 2 aromatic carbocycles. The zero-order valence-corrected chi connectivity index (χ0v) is 13.3. The van der Waals surface area contributed by atoms with Gasteiger partial charge in [0.25, 0.3) is 0 Å². The largest absolute Gasteiger partial charge is 0.457 e. The van der Waals surface area contributed by atoms with Crippen molar-refractivity contribution in [3.8, 4) is 0 Å². The monoisotopic (exact) mass is 351 g/mol. The normalized spacial score (nSPS) is 13.2. The zero-order chi connectivity index (χ0) is 16.4. The minimum Gasteiger partial charge on any atom is -0.457 e. The first kappa shape index (κ1) is 15.8. The Hall–Kier alpha value is -2.05. The third-order valence-corrected chi connectivity index (χ3v) is 4.69. The number of nitrogens with one attached hydrogen (secondary N) is 1. The standard InChI is InChI=1S/C16H11ClFNO3S/c17-11-2-1-3-12(18)10(11)7-22-16(21)9-4-5-14-13(6-9)19-15(20)8-23-14/h1-6H,7-8H2,(H,19,20). The molecule has 2 aromatic rings. The van der Waals surface area contributed by atoms with E-state index >= 15 is 0 Å². The Kier molecular flexibility index (Phi) is 4.54. The van der Waals surface area contributed by atoms with Crippen LogP contribution in [0.4, 0.5) is 10.1 Å². The number of hydrogen-bond acceptors (Lipinski definition) is 4. The summed E-state index contributed by atoms with van der Waals surface area (Å²) < 4.78 is 18.8. The number of rotatable bonds is 3. The van der Waals surface area contributed by atoms with Crippen LogP contribution in [0.3, 0.4) is 0 Å². The van der Waals surface area contributed by atoms with Crippen molar-refractivity contribution in [1.82, 2.24) is 0 Å². The average molecular weight is 352 g/mol. The lowest BCUT2D eigenvalue weighted by Gasteiger charge is -2.16. The molecule has 0 radical (unpaired) electrons. The van der Waals surface area contributed by atoms with Crippen LogP contribution in [0.1, 0.15) is 15.9 Å². The number of halogens is 2. The molecule has 0 aromatic heterocycles. The minimum absolute atomic E-state index is 0.119. The second-order valence-electron chi connectivity index (χ2n) is 4.82. The van der Waals surface area contributed by atoms with E-state index in [4.69, 9.17) is 16.3 Å². The minimum atomic E-state index is -0.614. The van der Waals surface area contributed by atoms with Crippen molar-refractivity contribution in [2.75, 3.05) is 11.1 Å². The number of benzene rings is 2. The molecule has 1 N–H and O–H groups in total. The predicted molar refractivity (Wildman–Crippen MR) is 86.3 cm³/mol. The van der Waals surface area contributed by atoms with Crippen LogP contribution in [0.5, 0.6) is 0 Å². The highest BCUT2D eigenvalue weighted by Gasteiger charge is 2.18. The number of anilines is 1. The molecule has 0 spiro atoms. The first-order valence-electron chi connectivity index (χ1n) is 6.71. The van der Waals surface area contributed by atoms with E-state index in [2.05, 4.69) is 5.32 Å². The molecule has 0 atom stereocenters. The van der Waals surface area contributed by atoms with Crippen LogP contribution in [0.25, 0.3) is 0 Å². The number of hydrogen-bond donors (Lipinski definition) is 1. The molecule has 0 saturated heterocycles. The average Bonchev–Trinajstić information content (AvgIpc) is 2.53. The number of amides is 1. The van der Waals surface area contributed by atoms with Gasteiger partial charge in [0.2, 0.25) is 5.91 Å². The number of carbonyl (C=O) groups is 2. The summed E-state index contributed by atoms with van der Waals surface area (Å²) in [5.41, 5.74) is 0.980. The molecule has 1 amide bonds. The molecule has 1 aliphatic rings. The molecule has 23 heavy (non-hydrogen) atoms. The van der Waals surface area contributed by atoms with Gasteiger partial charge in [0.05, 0.1) is 22.0 Å². The molecule has 4 nitrogen and oxygen atoms in total. The van der Waals surface area contributed by atoms with Crippen LogP contribution in [-0.2, 0) is 16.1 Å². The molecule has 0 unspecified atom stereocenters. The van der Waals surface area contributed by atoms with Crippen LogP contribution in [0, 0.1) is 5.82 Å². The lowest BCUT2D eigenvalue weighted by molar-refractivity contribution is -0.113. The molecule has 0 aliphatic carbocycles. The molecular formula is C16H11ClFNO3S. The van der Waals surface area contributed by atoms with Gasteiger partial charge in [-0.05, 0) is 30.3 Å². The quantitative estimate of drug-likeness (QED) is 0.853. The van der Waals surface area contributed by atoms with E-state index in [1.54, 1.807) is 18.2 Å². The highest BCUT2D eigenvalue weighted by molar-refractivity contribution is 8.00. The molecule has 1 heterocycles. The second-order valence-corrected chi connectivity index (χ2v) is 6.25. The lowest BCUT2D eigenvalue weighted by Crippen LogP contribution is -2.19. The van der Waals surface area contributed by atoms with Gasteiger partial charge in [0.1, 0.15) is 12.4 Å². The number of fused-ring (bicyclic) bond motifs is 1.